The number of aromatic amines is 1. The fourth-order valence-electron chi connectivity index (χ4n) is 4.05. The van der Waals surface area contributed by atoms with Gasteiger partial charge in [-0.3, -0.25) is 9.89 Å². The van der Waals surface area contributed by atoms with E-state index in [1.807, 2.05) is 24.3 Å². The summed E-state index contributed by atoms with van der Waals surface area (Å²) in [6, 6.07) is 10.5. The smallest absolute Gasteiger partial charge is 0.344 e. The number of carbonyl (C=O) groups excluding carboxylic acids is 1. The van der Waals surface area contributed by atoms with Crippen LogP contribution in [-0.4, -0.2) is 28.7 Å². The molecule has 1 aromatic heterocycles. The SMILES string of the molecule is O=C(N[C@@H](c1cccc(-c2cn[nH]c2)c1)C1CCCCN1)c1cccc(C(F)(F)F)c1Cl. The fourth-order valence-corrected chi connectivity index (χ4v) is 4.36. The molecule has 4 rings (SSSR count). The number of nitrogens with one attached hydrogen (secondary N) is 3. The number of amides is 1. The quantitative estimate of drug-likeness (QED) is 0.478. The molecule has 0 spiro atoms. The molecule has 0 saturated carbocycles. The third-order valence-electron chi connectivity index (χ3n) is 5.66. The number of halogens is 4. The Morgan fingerprint density at radius 2 is 1.97 bits per heavy atom. The van der Waals surface area contributed by atoms with E-state index in [0.29, 0.717) is 0 Å². The van der Waals surface area contributed by atoms with Gasteiger partial charge in [0.05, 0.1) is 28.4 Å². The zero-order valence-electron chi connectivity index (χ0n) is 17.0. The predicted octanol–water partition coefficient (Wildman–Crippen LogP) is 5.36. The molecule has 9 heteroatoms. The van der Waals surface area contributed by atoms with E-state index in [4.69, 9.17) is 11.6 Å². The summed E-state index contributed by atoms with van der Waals surface area (Å²) in [5, 5.41) is 12.5. The highest BCUT2D eigenvalue weighted by Gasteiger charge is 2.35. The van der Waals surface area contributed by atoms with Crippen LogP contribution in [0.3, 0.4) is 0 Å². The molecule has 3 N–H and O–H groups in total. The number of aromatic nitrogens is 2. The first-order chi connectivity index (χ1) is 15.3. The normalized spacial score (nSPS) is 17.7. The predicted molar refractivity (Wildman–Crippen MR) is 116 cm³/mol. The Morgan fingerprint density at radius 3 is 2.66 bits per heavy atom. The summed E-state index contributed by atoms with van der Waals surface area (Å²) in [5.41, 5.74) is 1.44. The summed E-state index contributed by atoms with van der Waals surface area (Å²) in [6.45, 7) is 0.808. The molecule has 2 atom stereocenters. The molecule has 1 aliphatic heterocycles. The monoisotopic (exact) mass is 462 g/mol. The van der Waals surface area contributed by atoms with Gasteiger partial charge in [0, 0.05) is 17.8 Å². The van der Waals surface area contributed by atoms with E-state index in [-0.39, 0.29) is 11.6 Å². The van der Waals surface area contributed by atoms with Crippen molar-refractivity contribution < 1.29 is 18.0 Å². The maximum atomic E-state index is 13.3. The number of rotatable bonds is 5. The first kappa shape index (κ1) is 22.4. The molecule has 0 aliphatic carbocycles. The number of nitrogens with zero attached hydrogens (tertiary/aromatic N) is 1. The molecule has 3 aromatic rings. The minimum absolute atomic E-state index is 0.0584. The Kier molecular flexibility index (Phi) is 6.53. The molecule has 5 nitrogen and oxygen atoms in total. The molecule has 1 unspecified atom stereocenters. The van der Waals surface area contributed by atoms with E-state index in [2.05, 4.69) is 20.8 Å². The molecule has 32 heavy (non-hydrogen) atoms. The third-order valence-corrected chi connectivity index (χ3v) is 6.07. The van der Waals surface area contributed by atoms with Crippen LogP contribution in [0.5, 0.6) is 0 Å². The zero-order valence-corrected chi connectivity index (χ0v) is 17.8. The lowest BCUT2D eigenvalue weighted by molar-refractivity contribution is -0.137. The van der Waals surface area contributed by atoms with Crippen molar-refractivity contribution in [2.45, 2.75) is 37.5 Å². The first-order valence-corrected chi connectivity index (χ1v) is 10.7. The Bertz CT molecular complexity index is 1080. The summed E-state index contributed by atoms with van der Waals surface area (Å²) in [7, 11) is 0. The number of H-pyrrole nitrogens is 1. The van der Waals surface area contributed by atoms with Gasteiger partial charge in [-0.25, -0.2) is 0 Å². The third kappa shape index (κ3) is 4.81. The molecule has 2 aromatic carbocycles. The van der Waals surface area contributed by atoms with E-state index in [1.165, 1.54) is 12.1 Å². The van der Waals surface area contributed by atoms with Crippen LogP contribution < -0.4 is 10.6 Å². The van der Waals surface area contributed by atoms with Crippen molar-refractivity contribution in [3.63, 3.8) is 0 Å². The van der Waals surface area contributed by atoms with Crippen LogP contribution in [0.25, 0.3) is 11.1 Å². The highest BCUT2D eigenvalue weighted by atomic mass is 35.5. The largest absolute Gasteiger partial charge is 0.417 e. The lowest BCUT2D eigenvalue weighted by Gasteiger charge is -2.32. The van der Waals surface area contributed by atoms with E-state index in [1.54, 1.807) is 12.4 Å². The van der Waals surface area contributed by atoms with Crippen LogP contribution in [0.4, 0.5) is 13.2 Å². The van der Waals surface area contributed by atoms with E-state index < -0.39 is 28.7 Å². The minimum Gasteiger partial charge on any atom is -0.344 e. The van der Waals surface area contributed by atoms with Gasteiger partial charge in [-0.05, 0) is 48.7 Å². The van der Waals surface area contributed by atoms with E-state index in [9.17, 15) is 18.0 Å². The van der Waals surface area contributed by atoms with Crippen LogP contribution >= 0.6 is 11.6 Å². The molecule has 1 amide bonds. The molecular formula is C23H22ClF3N4O. The first-order valence-electron chi connectivity index (χ1n) is 10.3. The highest BCUT2D eigenvalue weighted by molar-refractivity contribution is 6.34. The van der Waals surface area contributed by atoms with Gasteiger partial charge in [-0.15, -0.1) is 0 Å². The Labute approximate surface area is 188 Å². The molecule has 168 valence electrons. The summed E-state index contributed by atoms with van der Waals surface area (Å²) < 4.78 is 39.8. The topological polar surface area (TPSA) is 69.8 Å². The summed E-state index contributed by atoms with van der Waals surface area (Å²) in [6.07, 6.45) is 1.69. The lowest BCUT2D eigenvalue weighted by Crippen LogP contribution is -2.46. The number of hydrogen-bond donors (Lipinski definition) is 3. The Morgan fingerprint density at radius 1 is 1.16 bits per heavy atom. The molecule has 0 radical (unpaired) electrons. The fraction of sp³-hybridized carbons (Fsp3) is 0.304. The maximum Gasteiger partial charge on any atom is 0.417 e. The second kappa shape index (κ2) is 9.34. The van der Waals surface area contributed by atoms with E-state index in [0.717, 1.165) is 48.6 Å². The van der Waals surface area contributed by atoms with Crippen molar-refractivity contribution in [3.05, 3.63) is 76.6 Å². The van der Waals surface area contributed by atoms with Crippen molar-refractivity contribution in [1.82, 2.24) is 20.8 Å². The van der Waals surface area contributed by atoms with E-state index >= 15 is 0 Å². The van der Waals surface area contributed by atoms with Gasteiger partial charge in [0.15, 0.2) is 0 Å². The number of benzene rings is 2. The van der Waals surface area contributed by atoms with Gasteiger partial charge in [0.2, 0.25) is 0 Å². The Hall–Kier alpha value is -2.84. The second-order valence-electron chi connectivity index (χ2n) is 7.78. The number of carbonyl (C=O) groups is 1. The minimum atomic E-state index is -4.64. The average molecular weight is 463 g/mol. The number of alkyl halides is 3. The van der Waals surface area contributed by atoms with Gasteiger partial charge < -0.3 is 10.6 Å². The van der Waals surface area contributed by atoms with Crippen LogP contribution in [0, 0.1) is 0 Å². The van der Waals surface area contributed by atoms with Crippen molar-refractivity contribution in [3.8, 4) is 11.1 Å². The highest BCUT2D eigenvalue weighted by Crippen LogP contribution is 2.36. The average Bonchev–Trinajstić information content (AvgIpc) is 3.32. The molecule has 1 saturated heterocycles. The molecular weight excluding hydrogens is 441 g/mol. The second-order valence-corrected chi connectivity index (χ2v) is 8.16. The lowest BCUT2D eigenvalue weighted by atomic mass is 9.91. The number of piperidine rings is 1. The number of hydrogen-bond acceptors (Lipinski definition) is 3. The van der Waals surface area contributed by atoms with Gasteiger partial charge in [0.1, 0.15) is 0 Å². The van der Waals surface area contributed by atoms with Gasteiger partial charge in [0.25, 0.3) is 5.91 Å². The van der Waals surface area contributed by atoms with Crippen LogP contribution in [-0.2, 0) is 6.18 Å². The van der Waals surface area contributed by atoms with Crippen molar-refractivity contribution in [2.75, 3.05) is 6.54 Å². The zero-order chi connectivity index (χ0) is 22.7. The van der Waals surface area contributed by atoms with Crippen molar-refractivity contribution in [1.29, 1.82) is 0 Å². The summed E-state index contributed by atoms with van der Waals surface area (Å²) >= 11 is 5.99. The molecule has 1 aliphatic rings. The maximum absolute atomic E-state index is 13.3. The van der Waals surface area contributed by atoms with Gasteiger partial charge in [-0.1, -0.05) is 42.3 Å². The van der Waals surface area contributed by atoms with Crippen LogP contribution in [0.15, 0.2) is 54.9 Å². The van der Waals surface area contributed by atoms with Crippen molar-refractivity contribution in [2.24, 2.45) is 0 Å². The van der Waals surface area contributed by atoms with Gasteiger partial charge >= 0.3 is 6.18 Å². The van der Waals surface area contributed by atoms with Crippen molar-refractivity contribution >= 4 is 17.5 Å². The molecule has 0 bridgehead atoms. The van der Waals surface area contributed by atoms with Crippen LogP contribution in [0.1, 0.15) is 46.8 Å². The molecule has 1 fully saturated rings. The standard InChI is InChI=1S/C23H22ClF3N4O/c24-20-17(7-4-8-18(20)23(25,26)27)22(32)31-21(19-9-1-2-10-28-19)15-6-3-5-14(11-15)16-12-29-30-13-16/h3-8,11-13,19,21,28H,1-2,9-10H2,(H,29,30)(H,31,32)/t19?,21-/m0/s1. The van der Waals surface area contributed by atoms with Gasteiger partial charge in [-0.2, -0.15) is 18.3 Å². The summed E-state index contributed by atoms with van der Waals surface area (Å²) in [5.74, 6) is -0.646. The summed E-state index contributed by atoms with van der Waals surface area (Å²) in [4.78, 5) is 13.1. The van der Waals surface area contributed by atoms with Crippen LogP contribution in [0.2, 0.25) is 5.02 Å². The molecule has 2 heterocycles. The Balaban J connectivity index is 1.67.